The summed E-state index contributed by atoms with van der Waals surface area (Å²) in [5.41, 5.74) is 4.47. The van der Waals surface area contributed by atoms with E-state index in [1.54, 1.807) is 35.6 Å². The molecule has 134 valence electrons. The maximum atomic E-state index is 12.5. The molecule has 1 amide bonds. The lowest BCUT2D eigenvalue weighted by atomic mass is 10.1. The molecule has 1 aromatic heterocycles. The summed E-state index contributed by atoms with van der Waals surface area (Å²) >= 11 is 1.59. The first-order valence-electron chi connectivity index (χ1n) is 8.66. The van der Waals surface area contributed by atoms with E-state index in [4.69, 9.17) is 10.2 Å². The Hall–Kier alpha value is -3.75. The van der Waals surface area contributed by atoms with E-state index in [1.807, 2.05) is 66.0 Å². The summed E-state index contributed by atoms with van der Waals surface area (Å²) in [7, 11) is 0. The summed E-state index contributed by atoms with van der Waals surface area (Å²) < 4.78 is 0. The summed E-state index contributed by atoms with van der Waals surface area (Å²) in [5.74, 6) is -0.252. The van der Waals surface area contributed by atoms with Crippen molar-refractivity contribution in [2.75, 3.05) is 5.32 Å². The number of hydrogen-bond acceptors (Lipinski definition) is 4. The van der Waals surface area contributed by atoms with Gasteiger partial charge in [0, 0.05) is 27.8 Å². The largest absolute Gasteiger partial charge is 0.322 e. The second-order valence-electron chi connectivity index (χ2n) is 6.13. The van der Waals surface area contributed by atoms with Crippen LogP contribution in [0.15, 0.2) is 84.2 Å². The fraction of sp³-hybridized carbons (Fsp3) is 0. The molecule has 1 heterocycles. The van der Waals surface area contributed by atoms with Crippen LogP contribution in [0.3, 0.4) is 0 Å². The summed E-state index contributed by atoms with van der Waals surface area (Å²) in [4.78, 5) is 17.2. The standard InChI is InChI=1S/C23H15N3OS/c24-14-16-6-4-10-19(12-16)22(27)25-20-11-5-9-18(13-20)21-15-28-23(26-21)17-7-2-1-3-8-17/h1-13,15H,(H,25,27). The van der Waals surface area contributed by atoms with E-state index in [0.29, 0.717) is 16.8 Å². The average Bonchev–Trinajstić information content (AvgIpc) is 3.25. The van der Waals surface area contributed by atoms with Crippen LogP contribution in [-0.4, -0.2) is 10.9 Å². The Kier molecular flexibility index (Phi) is 4.96. The molecule has 1 N–H and O–H groups in total. The highest BCUT2D eigenvalue weighted by atomic mass is 32.1. The molecule has 0 bridgehead atoms. The summed E-state index contributed by atoms with van der Waals surface area (Å²) in [5, 5.41) is 14.8. The van der Waals surface area contributed by atoms with Gasteiger partial charge in [0.05, 0.1) is 17.3 Å². The number of rotatable bonds is 4. The number of nitrogens with zero attached hydrogens (tertiary/aromatic N) is 2. The number of carbonyl (C=O) groups is 1. The molecule has 0 aliphatic rings. The van der Waals surface area contributed by atoms with Gasteiger partial charge in [-0.25, -0.2) is 4.98 Å². The van der Waals surface area contributed by atoms with E-state index in [1.165, 1.54) is 0 Å². The van der Waals surface area contributed by atoms with Crippen LogP contribution in [0.25, 0.3) is 21.8 Å². The zero-order valence-electron chi connectivity index (χ0n) is 14.8. The molecule has 0 aliphatic carbocycles. The van der Waals surface area contributed by atoms with Crippen molar-refractivity contribution in [2.45, 2.75) is 0 Å². The number of hydrogen-bond donors (Lipinski definition) is 1. The van der Waals surface area contributed by atoms with Crippen molar-refractivity contribution in [3.05, 3.63) is 95.4 Å². The topological polar surface area (TPSA) is 65.8 Å². The first kappa shape index (κ1) is 17.7. The molecule has 5 heteroatoms. The van der Waals surface area contributed by atoms with Crippen LogP contribution in [0.2, 0.25) is 0 Å². The van der Waals surface area contributed by atoms with Crippen molar-refractivity contribution in [1.82, 2.24) is 4.98 Å². The van der Waals surface area contributed by atoms with Gasteiger partial charge in [-0.2, -0.15) is 5.26 Å². The minimum absolute atomic E-state index is 0.252. The Morgan fingerprint density at radius 3 is 2.54 bits per heavy atom. The van der Waals surface area contributed by atoms with Crippen LogP contribution < -0.4 is 5.32 Å². The third-order valence-electron chi connectivity index (χ3n) is 4.19. The van der Waals surface area contributed by atoms with Crippen molar-refractivity contribution < 1.29 is 4.79 Å². The van der Waals surface area contributed by atoms with Gasteiger partial charge in [0.1, 0.15) is 5.01 Å². The molecule has 4 aromatic rings. The Morgan fingerprint density at radius 1 is 0.929 bits per heavy atom. The number of thiazole rings is 1. The second-order valence-corrected chi connectivity index (χ2v) is 6.99. The zero-order valence-corrected chi connectivity index (χ0v) is 15.6. The second kappa shape index (κ2) is 7.87. The van der Waals surface area contributed by atoms with Crippen LogP contribution in [0.4, 0.5) is 5.69 Å². The molecule has 28 heavy (non-hydrogen) atoms. The summed E-state index contributed by atoms with van der Waals surface area (Å²) in [6.45, 7) is 0. The normalized spacial score (nSPS) is 10.2. The Morgan fingerprint density at radius 2 is 1.71 bits per heavy atom. The predicted molar refractivity (Wildman–Crippen MR) is 112 cm³/mol. The van der Waals surface area contributed by atoms with Crippen LogP contribution in [0.1, 0.15) is 15.9 Å². The molecule has 4 rings (SSSR count). The molecule has 0 spiro atoms. The van der Waals surface area contributed by atoms with Gasteiger partial charge in [0.25, 0.3) is 5.91 Å². The lowest BCUT2D eigenvalue weighted by Gasteiger charge is -2.07. The number of anilines is 1. The summed E-state index contributed by atoms with van der Waals surface area (Å²) in [6.07, 6.45) is 0. The van der Waals surface area contributed by atoms with Crippen LogP contribution in [-0.2, 0) is 0 Å². The van der Waals surface area contributed by atoms with Crippen LogP contribution >= 0.6 is 11.3 Å². The number of nitriles is 1. The van der Waals surface area contributed by atoms with Gasteiger partial charge in [-0.05, 0) is 30.3 Å². The molecule has 0 radical (unpaired) electrons. The zero-order chi connectivity index (χ0) is 19.3. The average molecular weight is 381 g/mol. The number of aromatic nitrogens is 1. The first-order valence-corrected chi connectivity index (χ1v) is 9.54. The van der Waals surface area contributed by atoms with Gasteiger partial charge >= 0.3 is 0 Å². The van der Waals surface area contributed by atoms with Gasteiger partial charge < -0.3 is 5.32 Å². The molecule has 0 atom stereocenters. The Labute approximate surface area is 166 Å². The quantitative estimate of drug-likeness (QED) is 0.500. The van der Waals surface area contributed by atoms with Gasteiger partial charge in [-0.1, -0.05) is 48.5 Å². The minimum Gasteiger partial charge on any atom is -0.322 e. The van der Waals surface area contributed by atoms with E-state index in [-0.39, 0.29) is 5.91 Å². The maximum Gasteiger partial charge on any atom is 0.255 e. The molecule has 0 unspecified atom stereocenters. The van der Waals surface area contributed by atoms with Crippen molar-refractivity contribution in [1.29, 1.82) is 5.26 Å². The van der Waals surface area contributed by atoms with E-state index in [2.05, 4.69) is 5.32 Å². The first-order chi connectivity index (χ1) is 13.7. The number of nitrogens with one attached hydrogen (secondary N) is 1. The van der Waals surface area contributed by atoms with Crippen LogP contribution in [0, 0.1) is 11.3 Å². The molecule has 4 nitrogen and oxygen atoms in total. The Bertz CT molecular complexity index is 1180. The third kappa shape index (κ3) is 3.83. The molecular weight excluding hydrogens is 366 g/mol. The van der Waals surface area contributed by atoms with Crippen molar-refractivity contribution >= 4 is 22.9 Å². The smallest absolute Gasteiger partial charge is 0.255 e. The van der Waals surface area contributed by atoms with Crippen molar-refractivity contribution in [3.8, 4) is 27.9 Å². The third-order valence-corrected chi connectivity index (χ3v) is 5.09. The lowest BCUT2D eigenvalue weighted by molar-refractivity contribution is 0.102. The monoisotopic (exact) mass is 381 g/mol. The maximum absolute atomic E-state index is 12.5. The van der Waals surface area contributed by atoms with Gasteiger partial charge in [-0.15, -0.1) is 11.3 Å². The molecule has 3 aromatic carbocycles. The summed E-state index contributed by atoms with van der Waals surface area (Å²) in [6, 6.07) is 26.3. The number of benzene rings is 3. The SMILES string of the molecule is N#Cc1cccc(C(=O)Nc2cccc(-c3csc(-c4ccccc4)n3)c2)c1. The number of carbonyl (C=O) groups excluding carboxylic acids is 1. The van der Waals surface area contributed by atoms with Gasteiger partial charge in [0.2, 0.25) is 0 Å². The Balaban J connectivity index is 1.56. The fourth-order valence-corrected chi connectivity index (χ4v) is 3.64. The highest BCUT2D eigenvalue weighted by Gasteiger charge is 2.10. The van der Waals surface area contributed by atoms with E-state index in [9.17, 15) is 4.79 Å². The predicted octanol–water partition coefficient (Wildman–Crippen LogP) is 5.60. The molecule has 0 aliphatic heterocycles. The van der Waals surface area contributed by atoms with Gasteiger partial charge in [-0.3, -0.25) is 4.79 Å². The molecule has 0 fully saturated rings. The molecule has 0 saturated heterocycles. The molecular formula is C23H15N3OS. The van der Waals surface area contributed by atoms with E-state index >= 15 is 0 Å². The molecule has 0 saturated carbocycles. The highest BCUT2D eigenvalue weighted by molar-refractivity contribution is 7.13. The highest BCUT2D eigenvalue weighted by Crippen LogP contribution is 2.29. The van der Waals surface area contributed by atoms with Crippen LogP contribution in [0.5, 0.6) is 0 Å². The fourth-order valence-electron chi connectivity index (χ4n) is 2.81. The van der Waals surface area contributed by atoms with Crippen molar-refractivity contribution in [3.63, 3.8) is 0 Å². The minimum atomic E-state index is -0.252. The lowest BCUT2D eigenvalue weighted by Crippen LogP contribution is -2.11. The number of amides is 1. The van der Waals surface area contributed by atoms with E-state index < -0.39 is 0 Å². The van der Waals surface area contributed by atoms with Crippen molar-refractivity contribution in [2.24, 2.45) is 0 Å². The van der Waals surface area contributed by atoms with Gasteiger partial charge in [0.15, 0.2) is 0 Å². The van der Waals surface area contributed by atoms with E-state index in [0.717, 1.165) is 21.8 Å².